The SMILES string of the molecule is COc1ccc2nc(N3C(=O)C(O)=C(C(=O)c4ccco4)C3c3ccco3)sc2c1. The lowest BCUT2D eigenvalue weighted by Crippen LogP contribution is -2.30. The van der Waals surface area contributed by atoms with Gasteiger partial charge in [0.1, 0.15) is 17.6 Å². The molecule has 1 unspecified atom stereocenters. The number of ketones is 1. The normalized spacial score (nSPS) is 16.6. The molecular formula is C21H14N2O6S. The summed E-state index contributed by atoms with van der Waals surface area (Å²) in [5.41, 5.74) is 0.536. The third-order valence-corrected chi connectivity index (χ3v) is 5.82. The third kappa shape index (κ3) is 2.71. The van der Waals surface area contributed by atoms with Gasteiger partial charge in [-0.1, -0.05) is 11.3 Å². The fourth-order valence-corrected chi connectivity index (χ4v) is 4.43. The molecule has 1 aliphatic heterocycles. The fraction of sp³-hybridized carbons (Fsp3) is 0.0952. The molecule has 9 heteroatoms. The van der Waals surface area contributed by atoms with Crippen LogP contribution < -0.4 is 9.64 Å². The van der Waals surface area contributed by atoms with Gasteiger partial charge in [-0.2, -0.15) is 0 Å². The van der Waals surface area contributed by atoms with E-state index in [0.717, 1.165) is 4.70 Å². The van der Waals surface area contributed by atoms with Gasteiger partial charge < -0.3 is 18.7 Å². The van der Waals surface area contributed by atoms with Crippen molar-refractivity contribution >= 4 is 38.4 Å². The van der Waals surface area contributed by atoms with Crippen molar-refractivity contribution in [3.05, 3.63) is 77.8 Å². The van der Waals surface area contributed by atoms with E-state index in [2.05, 4.69) is 4.98 Å². The molecule has 5 rings (SSSR count). The number of ether oxygens (including phenoxy) is 1. The molecule has 4 heterocycles. The maximum absolute atomic E-state index is 13.0. The van der Waals surface area contributed by atoms with E-state index in [0.29, 0.717) is 22.2 Å². The van der Waals surface area contributed by atoms with E-state index in [-0.39, 0.29) is 11.3 Å². The molecule has 1 amide bonds. The van der Waals surface area contributed by atoms with Crippen LogP contribution in [0.25, 0.3) is 10.2 Å². The van der Waals surface area contributed by atoms with Crippen molar-refractivity contribution in [2.75, 3.05) is 12.0 Å². The van der Waals surface area contributed by atoms with Crippen LogP contribution in [0.4, 0.5) is 5.13 Å². The first-order chi connectivity index (χ1) is 14.6. The van der Waals surface area contributed by atoms with E-state index >= 15 is 0 Å². The van der Waals surface area contributed by atoms with Gasteiger partial charge in [-0.3, -0.25) is 14.5 Å². The maximum Gasteiger partial charge on any atom is 0.296 e. The number of furan rings is 2. The lowest BCUT2D eigenvalue weighted by Gasteiger charge is -2.21. The highest BCUT2D eigenvalue weighted by atomic mass is 32.1. The van der Waals surface area contributed by atoms with E-state index in [4.69, 9.17) is 13.6 Å². The first-order valence-corrected chi connectivity index (χ1v) is 9.73. The van der Waals surface area contributed by atoms with Gasteiger partial charge in [0, 0.05) is 0 Å². The van der Waals surface area contributed by atoms with Gasteiger partial charge in [-0.25, -0.2) is 4.98 Å². The Hall–Kier alpha value is -3.85. The summed E-state index contributed by atoms with van der Waals surface area (Å²) >= 11 is 1.24. The number of aliphatic hydroxyl groups excluding tert-OH is 1. The number of methoxy groups -OCH3 is 1. The molecule has 1 aromatic carbocycles. The van der Waals surface area contributed by atoms with Crippen molar-refractivity contribution in [3.8, 4) is 5.75 Å². The third-order valence-electron chi connectivity index (χ3n) is 4.80. The van der Waals surface area contributed by atoms with Crippen LogP contribution in [0.15, 0.2) is 75.2 Å². The number of carbonyl (C=O) groups excluding carboxylic acids is 2. The van der Waals surface area contributed by atoms with E-state index in [9.17, 15) is 14.7 Å². The van der Waals surface area contributed by atoms with Gasteiger partial charge in [0.15, 0.2) is 16.7 Å². The van der Waals surface area contributed by atoms with Gasteiger partial charge >= 0.3 is 0 Å². The van der Waals surface area contributed by atoms with Crippen molar-refractivity contribution < 1.29 is 28.3 Å². The van der Waals surface area contributed by atoms with Crippen molar-refractivity contribution in [2.24, 2.45) is 0 Å². The van der Waals surface area contributed by atoms with Crippen LogP contribution in [-0.4, -0.2) is 28.9 Å². The zero-order chi connectivity index (χ0) is 20.8. The molecule has 4 aromatic rings. The molecule has 1 aliphatic rings. The van der Waals surface area contributed by atoms with Crippen molar-refractivity contribution in [1.29, 1.82) is 0 Å². The second kappa shape index (κ2) is 6.89. The van der Waals surface area contributed by atoms with Gasteiger partial charge in [-0.05, 0) is 42.5 Å². The molecule has 0 saturated heterocycles. The number of carbonyl (C=O) groups is 2. The summed E-state index contributed by atoms with van der Waals surface area (Å²) in [7, 11) is 1.56. The molecule has 30 heavy (non-hydrogen) atoms. The number of nitrogens with zero attached hydrogens (tertiary/aromatic N) is 2. The molecule has 1 N–H and O–H groups in total. The minimum Gasteiger partial charge on any atom is -0.503 e. The van der Waals surface area contributed by atoms with E-state index in [1.54, 1.807) is 43.5 Å². The second-order valence-electron chi connectivity index (χ2n) is 6.49. The number of aliphatic hydroxyl groups is 1. The highest BCUT2D eigenvalue weighted by Gasteiger charge is 2.47. The van der Waals surface area contributed by atoms with Crippen LogP contribution >= 0.6 is 11.3 Å². The Morgan fingerprint density at radius 1 is 1.20 bits per heavy atom. The predicted octanol–water partition coefficient (Wildman–Crippen LogP) is 4.27. The van der Waals surface area contributed by atoms with E-state index < -0.39 is 23.5 Å². The Bertz CT molecular complexity index is 1290. The summed E-state index contributed by atoms with van der Waals surface area (Å²) in [4.78, 5) is 31.9. The number of hydrogen-bond acceptors (Lipinski definition) is 8. The minimum absolute atomic E-state index is 0.0109. The molecule has 150 valence electrons. The first kappa shape index (κ1) is 18.2. The van der Waals surface area contributed by atoms with Crippen molar-refractivity contribution in [2.45, 2.75) is 6.04 Å². The van der Waals surface area contributed by atoms with E-state index in [1.165, 1.54) is 34.8 Å². The minimum atomic E-state index is -0.979. The monoisotopic (exact) mass is 422 g/mol. The number of hydrogen-bond donors (Lipinski definition) is 1. The van der Waals surface area contributed by atoms with Crippen LogP contribution in [0.5, 0.6) is 5.75 Å². The molecule has 0 spiro atoms. The fourth-order valence-electron chi connectivity index (χ4n) is 3.41. The Kier molecular flexibility index (Phi) is 4.18. The van der Waals surface area contributed by atoms with Gasteiger partial charge in [0.2, 0.25) is 5.78 Å². The quantitative estimate of drug-likeness (QED) is 0.479. The Morgan fingerprint density at radius 2 is 2.00 bits per heavy atom. The van der Waals surface area contributed by atoms with Crippen LogP contribution in [-0.2, 0) is 4.79 Å². The molecule has 0 fully saturated rings. The molecule has 3 aromatic heterocycles. The Labute approximate surface area is 173 Å². The average molecular weight is 422 g/mol. The van der Waals surface area contributed by atoms with Crippen LogP contribution in [0.1, 0.15) is 22.4 Å². The highest BCUT2D eigenvalue weighted by Crippen LogP contribution is 2.44. The van der Waals surface area contributed by atoms with Crippen LogP contribution in [0, 0.1) is 0 Å². The standard InChI is InChI=1S/C21H14N2O6S/c1-27-11-6-7-12-15(10-11)30-21(22-12)23-17(13-4-2-8-28-13)16(19(25)20(23)26)18(24)14-5-3-9-29-14/h2-10,17,25H,1H3. The average Bonchev–Trinajstić information content (AvgIpc) is 3.54. The lowest BCUT2D eigenvalue weighted by atomic mass is 10.00. The number of benzene rings is 1. The summed E-state index contributed by atoms with van der Waals surface area (Å²) < 4.78 is 16.7. The van der Waals surface area contributed by atoms with Crippen molar-refractivity contribution in [1.82, 2.24) is 4.98 Å². The highest BCUT2D eigenvalue weighted by molar-refractivity contribution is 7.22. The zero-order valence-corrected chi connectivity index (χ0v) is 16.4. The number of anilines is 1. The number of rotatable bonds is 5. The number of thiazole rings is 1. The summed E-state index contributed by atoms with van der Waals surface area (Å²) in [6.07, 6.45) is 2.79. The molecule has 0 bridgehead atoms. The summed E-state index contributed by atoms with van der Waals surface area (Å²) in [5.74, 6) is -1.01. The maximum atomic E-state index is 13.0. The smallest absolute Gasteiger partial charge is 0.296 e. The molecule has 0 aliphatic carbocycles. The second-order valence-corrected chi connectivity index (χ2v) is 7.50. The van der Waals surface area contributed by atoms with E-state index in [1.807, 2.05) is 0 Å². The van der Waals surface area contributed by atoms with Gasteiger partial charge in [-0.15, -0.1) is 0 Å². The Balaban J connectivity index is 1.65. The molecule has 1 atom stereocenters. The lowest BCUT2D eigenvalue weighted by molar-refractivity contribution is -0.117. The van der Waals surface area contributed by atoms with Crippen LogP contribution in [0.2, 0.25) is 0 Å². The van der Waals surface area contributed by atoms with Crippen LogP contribution in [0.3, 0.4) is 0 Å². The molecule has 0 radical (unpaired) electrons. The number of amides is 1. The van der Waals surface area contributed by atoms with Gasteiger partial charge in [0.05, 0.1) is 35.4 Å². The number of aromatic nitrogens is 1. The molecule has 8 nitrogen and oxygen atoms in total. The largest absolute Gasteiger partial charge is 0.503 e. The number of Topliss-reactive ketones (excluding diaryl/α,β-unsaturated/α-hetero) is 1. The predicted molar refractivity (Wildman–Crippen MR) is 108 cm³/mol. The summed E-state index contributed by atoms with van der Waals surface area (Å²) in [5, 5.41) is 10.9. The van der Waals surface area contributed by atoms with Crippen molar-refractivity contribution in [3.63, 3.8) is 0 Å². The molecule has 0 saturated carbocycles. The number of fused-ring (bicyclic) bond motifs is 1. The molecular weight excluding hydrogens is 408 g/mol. The summed E-state index contributed by atoms with van der Waals surface area (Å²) in [6, 6.07) is 10.7. The zero-order valence-electron chi connectivity index (χ0n) is 15.6. The Morgan fingerprint density at radius 3 is 2.70 bits per heavy atom. The summed E-state index contributed by atoms with van der Waals surface area (Å²) in [6.45, 7) is 0. The van der Waals surface area contributed by atoms with Gasteiger partial charge in [0.25, 0.3) is 5.91 Å². The first-order valence-electron chi connectivity index (χ1n) is 8.91. The topological polar surface area (TPSA) is 106 Å².